The number of hydrogen-bond donors (Lipinski definition) is 2. The molecule has 110 valence electrons. The number of halogens is 2. The highest BCUT2D eigenvalue weighted by molar-refractivity contribution is 6.30. The van der Waals surface area contributed by atoms with Gasteiger partial charge >= 0.3 is 5.97 Å². The van der Waals surface area contributed by atoms with E-state index in [1.165, 1.54) is 24.4 Å². The molecule has 0 aliphatic heterocycles. The highest BCUT2D eigenvalue weighted by Gasteiger charge is 2.15. The van der Waals surface area contributed by atoms with Gasteiger partial charge in [-0.1, -0.05) is 25.4 Å². The van der Waals surface area contributed by atoms with Crippen LogP contribution in [0.3, 0.4) is 0 Å². The molecule has 0 bridgehead atoms. The van der Waals surface area contributed by atoms with Gasteiger partial charge in [0.2, 0.25) is 0 Å². The molecular formula is C15H14ClFN2O2. The average molecular weight is 309 g/mol. The third kappa shape index (κ3) is 3.49. The van der Waals surface area contributed by atoms with Crippen LogP contribution in [0.25, 0.3) is 0 Å². The van der Waals surface area contributed by atoms with Gasteiger partial charge in [0.25, 0.3) is 0 Å². The van der Waals surface area contributed by atoms with Crippen LogP contribution in [0.2, 0.25) is 5.02 Å². The Morgan fingerprint density at radius 3 is 2.71 bits per heavy atom. The van der Waals surface area contributed by atoms with Crippen LogP contribution in [0.1, 0.15) is 35.7 Å². The molecule has 4 nitrogen and oxygen atoms in total. The zero-order chi connectivity index (χ0) is 15.6. The molecule has 6 heteroatoms. The van der Waals surface area contributed by atoms with Crippen LogP contribution in [-0.2, 0) is 0 Å². The molecule has 1 heterocycles. The molecule has 0 saturated heterocycles. The number of pyridine rings is 1. The minimum Gasteiger partial charge on any atom is -0.478 e. The van der Waals surface area contributed by atoms with E-state index in [-0.39, 0.29) is 28.1 Å². The summed E-state index contributed by atoms with van der Waals surface area (Å²) >= 11 is 5.76. The molecule has 2 N–H and O–H groups in total. The lowest BCUT2D eigenvalue weighted by molar-refractivity contribution is 0.0697. The molecular weight excluding hydrogens is 295 g/mol. The molecule has 1 aromatic heterocycles. The van der Waals surface area contributed by atoms with Crippen LogP contribution in [0.4, 0.5) is 15.9 Å². The predicted octanol–water partition coefficient (Wildman–Crippen LogP) is 4.44. The molecule has 0 amide bonds. The van der Waals surface area contributed by atoms with Gasteiger partial charge in [0.1, 0.15) is 17.2 Å². The van der Waals surface area contributed by atoms with Crippen LogP contribution in [0.15, 0.2) is 30.5 Å². The molecule has 0 atom stereocenters. The van der Waals surface area contributed by atoms with Crippen LogP contribution in [0.5, 0.6) is 0 Å². The van der Waals surface area contributed by atoms with Gasteiger partial charge in [0, 0.05) is 11.9 Å². The van der Waals surface area contributed by atoms with E-state index in [2.05, 4.69) is 10.3 Å². The number of nitrogens with one attached hydrogen (secondary N) is 1. The number of hydrogen-bond acceptors (Lipinski definition) is 3. The highest BCUT2D eigenvalue weighted by Crippen LogP contribution is 2.29. The zero-order valence-electron chi connectivity index (χ0n) is 11.5. The van der Waals surface area contributed by atoms with Gasteiger partial charge in [-0.15, -0.1) is 0 Å². The third-order valence-corrected chi connectivity index (χ3v) is 3.18. The van der Waals surface area contributed by atoms with Crippen molar-refractivity contribution >= 4 is 29.1 Å². The molecule has 0 spiro atoms. The number of benzene rings is 1. The lowest BCUT2D eigenvalue weighted by atomic mass is 10.0. The van der Waals surface area contributed by atoms with Crippen molar-refractivity contribution in [2.75, 3.05) is 5.32 Å². The first kappa shape index (κ1) is 15.3. The lowest BCUT2D eigenvalue weighted by Crippen LogP contribution is -2.06. The number of carbonyl (C=O) groups is 1. The summed E-state index contributed by atoms with van der Waals surface area (Å²) in [5.41, 5.74) is 1.31. The summed E-state index contributed by atoms with van der Waals surface area (Å²) in [7, 11) is 0. The van der Waals surface area contributed by atoms with Crippen molar-refractivity contribution in [1.29, 1.82) is 0 Å². The Bertz CT molecular complexity index is 689. The smallest absolute Gasteiger partial charge is 0.339 e. The van der Waals surface area contributed by atoms with E-state index in [0.717, 1.165) is 5.56 Å². The monoisotopic (exact) mass is 308 g/mol. The number of rotatable bonds is 4. The minimum absolute atomic E-state index is 0.0402. The summed E-state index contributed by atoms with van der Waals surface area (Å²) in [5.74, 6) is -1.24. The number of carboxylic acids is 1. The van der Waals surface area contributed by atoms with Gasteiger partial charge in [0.05, 0.1) is 5.02 Å². The van der Waals surface area contributed by atoms with Gasteiger partial charge in [-0.2, -0.15) is 0 Å². The quantitative estimate of drug-likeness (QED) is 0.876. The maximum absolute atomic E-state index is 13.4. The summed E-state index contributed by atoms with van der Waals surface area (Å²) in [4.78, 5) is 15.2. The van der Waals surface area contributed by atoms with Crippen molar-refractivity contribution in [2.45, 2.75) is 19.8 Å². The van der Waals surface area contributed by atoms with Crippen molar-refractivity contribution in [3.63, 3.8) is 0 Å². The molecule has 0 aliphatic rings. The molecule has 0 unspecified atom stereocenters. The Labute approximate surface area is 126 Å². The predicted molar refractivity (Wildman–Crippen MR) is 80.0 cm³/mol. The average Bonchev–Trinajstić information content (AvgIpc) is 2.42. The first-order chi connectivity index (χ1) is 9.88. The van der Waals surface area contributed by atoms with Crippen molar-refractivity contribution in [2.24, 2.45) is 0 Å². The van der Waals surface area contributed by atoms with E-state index in [1.54, 1.807) is 6.07 Å². The first-order valence-corrected chi connectivity index (χ1v) is 6.71. The molecule has 1 aromatic carbocycles. The standard InChI is InChI=1S/C15H14ClFN2O2/c1-8(2)11-6-10(17)3-4-13(11)19-14-12(15(20)21)5-9(16)7-18-14/h3-8H,1-2H3,(H,18,19)(H,20,21). The fourth-order valence-corrected chi connectivity index (χ4v) is 2.11. The highest BCUT2D eigenvalue weighted by atomic mass is 35.5. The molecule has 0 aliphatic carbocycles. The van der Waals surface area contributed by atoms with Crippen molar-refractivity contribution in [3.8, 4) is 0 Å². The van der Waals surface area contributed by atoms with Crippen molar-refractivity contribution in [1.82, 2.24) is 4.98 Å². The lowest BCUT2D eigenvalue weighted by Gasteiger charge is -2.15. The fourth-order valence-electron chi connectivity index (χ4n) is 1.95. The van der Waals surface area contributed by atoms with Crippen molar-refractivity contribution < 1.29 is 14.3 Å². The summed E-state index contributed by atoms with van der Waals surface area (Å²) in [6.07, 6.45) is 1.36. The van der Waals surface area contributed by atoms with E-state index >= 15 is 0 Å². The van der Waals surface area contributed by atoms with Gasteiger partial charge in [0.15, 0.2) is 0 Å². The SMILES string of the molecule is CC(C)c1cc(F)ccc1Nc1ncc(Cl)cc1C(=O)O. The van der Waals surface area contributed by atoms with Gasteiger partial charge in [-0.05, 0) is 35.7 Å². The summed E-state index contributed by atoms with van der Waals surface area (Å²) in [5, 5.41) is 12.4. The third-order valence-electron chi connectivity index (χ3n) is 2.97. The van der Waals surface area contributed by atoms with Crippen LogP contribution >= 0.6 is 11.6 Å². The largest absolute Gasteiger partial charge is 0.478 e. The van der Waals surface area contributed by atoms with E-state index in [0.29, 0.717) is 5.69 Å². The Balaban J connectivity index is 2.46. The fraction of sp³-hybridized carbons (Fsp3) is 0.200. The number of nitrogens with zero attached hydrogens (tertiary/aromatic N) is 1. The zero-order valence-corrected chi connectivity index (χ0v) is 12.3. The summed E-state index contributed by atoms with van der Waals surface area (Å²) < 4.78 is 13.4. The van der Waals surface area contributed by atoms with E-state index < -0.39 is 5.97 Å². The van der Waals surface area contributed by atoms with Crippen molar-refractivity contribution in [3.05, 3.63) is 52.4 Å². The molecule has 2 aromatic rings. The molecule has 0 fully saturated rings. The molecule has 0 radical (unpaired) electrons. The van der Waals surface area contributed by atoms with E-state index in [1.807, 2.05) is 13.8 Å². The van der Waals surface area contributed by atoms with Crippen LogP contribution in [0, 0.1) is 5.82 Å². The second kappa shape index (κ2) is 6.10. The normalized spacial score (nSPS) is 10.7. The first-order valence-electron chi connectivity index (χ1n) is 6.33. The summed E-state index contributed by atoms with van der Waals surface area (Å²) in [6, 6.07) is 5.61. The molecule has 2 rings (SSSR count). The van der Waals surface area contributed by atoms with E-state index in [4.69, 9.17) is 11.6 Å². The number of carboxylic acid groups (broad SMARTS) is 1. The Morgan fingerprint density at radius 1 is 1.38 bits per heavy atom. The maximum Gasteiger partial charge on any atom is 0.339 e. The second-order valence-corrected chi connectivity index (χ2v) is 5.30. The van der Waals surface area contributed by atoms with Crippen LogP contribution in [-0.4, -0.2) is 16.1 Å². The Morgan fingerprint density at radius 2 is 2.10 bits per heavy atom. The molecule has 0 saturated carbocycles. The number of aromatic nitrogens is 1. The second-order valence-electron chi connectivity index (χ2n) is 4.87. The summed E-state index contributed by atoms with van der Waals surface area (Å²) in [6.45, 7) is 3.85. The topological polar surface area (TPSA) is 62.2 Å². The van der Waals surface area contributed by atoms with E-state index in [9.17, 15) is 14.3 Å². The van der Waals surface area contributed by atoms with Crippen LogP contribution < -0.4 is 5.32 Å². The Kier molecular flexibility index (Phi) is 4.43. The van der Waals surface area contributed by atoms with Gasteiger partial charge < -0.3 is 10.4 Å². The Hall–Kier alpha value is -2.14. The molecule has 21 heavy (non-hydrogen) atoms. The van der Waals surface area contributed by atoms with Gasteiger partial charge in [-0.25, -0.2) is 14.2 Å². The number of aromatic carboxylic acids is 1. The maximum atomic E-state index is 13.4. The van der Waals surface area contributed by atoms with Gasteiger partial charge in [-0.3, -0.25) is 0 Å². The number of anilines is 2. The minimum atomic E-state index is -1.14.